The van der Waals surface area contributed by atoms with Crippen LogP contribution in [0.1, 0.15) is 43.7 Å². The number of rotatable bonds is 5. The Kier molecular flexibility index (Phi) is 4.50. The molecule has 1 spiro atoms. The summed E-state index contributed by atoms with van der Waals surface area (Å²) in [5, 5.41) is 12.7. The summed E-state index contributed by atoms with van der Waals surface area (Å²) in [5.74, 6) is -0.888. The topological polar surface area (TPSA) is 58.6 Å². The number of carboxylic acid groups (broad SMARTS) is 1. The third-order valence-electron chi connectivity index (χ3n) is 5.07. The highest BCUT2D eigenvalue weighted by Gasteiger charge is 2.50. The maximum absolute atomic E-state index is 11.0. The third-order valence-corrected chi connectivity index (χ3v) is 5.07. The predicted molar refractivity (Wildman–Crippen MR) is 84.7 cm³/mol. The van der Waals surface area contributed by atoms with Crippen molar-refractivity contribution in [3.05, 3.63) is 35.4 Å². The fourth-order valence-electron chi connectivity index (χ4n) is 3.72. The molecule has 1 heterocycles. The van der Waals surface area contributed by atoms with Crippen molar-refractivity contribution in [1.29, 1.82) is 0 Å². The van der Waals surface area contributed by atoms with Crippen LogP contribution in [0.2, 0.25) is 0 Å². The van der Waals surface area contributed by atoms with Gasteiger partial charge in [-0.2, -0.15) is 0 Å². The SMILES string of the molecule is CCc1cccc(CNC2CCOC3(C2)CC(C(=O)O)C3)c1. The molecule has 2 fully saturated rings. The Morgan fingerprint density at radius 2 is 2.14 bits per heavy atom. The molecule has 1 atom stereocenters. The van der Waals surface area contributed by atoms with Crippen molar-refractivity contribution in [1.82, 2.24) is 5.32 Å². The Hall–Kier alpha value is -1.39. The smallest absolute Gasteiger partial charge is 0.306 e. The van der Waals surface area contributed by atoms with Gasteiger partial charge in [-0.3, -0.25) is 4.79 Å². The molecule has 1 aromatic rings. The normalized spacial score (nSPS) is 31.0. The lowest BCUT2D eigenvalue weighted by atomic mass is 9.66. The second-order valence-electron chi connectivity index (χ2n) is 6.72. The summed E-state index contributed by atoms with van der Waals surface area (Å²) in [5.41, 5.74) is 2.51. The highest BCUT2D eigenvalue weighted by molar-refractivity contribution is 5.71. The van der Waals surface area contributed by atoms with Crippen LogP contribution in [-0.4, -0.2) is 29.3 Å². The molecule has 22 heavy (non-hydrogen) atoms. The van der Waals surface area contributed by atoms with Crippen molar-refractivity contribution in [2.45, 2.75) is 57.2 Å². The van der Waals surface area contributed by atoms with Gasteiger partial charge in [0.05, 0.1) is 11.5 Å². The van der Waals surface area contributed by atoms with Crippen molar-refractivity contribution in [3.8, 4) is 0 Å². The average Bonchev–Trinajstić information content (AvgIpc) is 2.51. The van der Waals surface area contributed by atoms with Crippen molar-refractivity contribution in [2.24, 2.45) is 5.92 Å². The van der Waals surface area contributed by atoms with E-state index in [0.717, 1.165) is 32.4 Å². The minimum absolute atomic E-state index is 0.176. The van der Waals surface area contributed by atoms with E-state index in [9.17, 15) is 4.79 Å². The number of ether oxygens (including phenoxy) is 1. The van der Waals surface area contributed by atoms with E-state index in [1.54, 1.807) is 0 Å². The quantitative estimate of drug-likeness (QED) is 0.878. The molecule has 1 aliphatic carbocycles. The van der Waals surface area contributed by atoms with Gasteiger partial charge in [0.25, 0.3) is 0 Å². The van der Waals surface area contributed by atoms with Crippen molar-refractivity contribution in [3.63, 3.8) is 0 Å². The van der Waals surface area contributed by atoms with Gasteiger partial charge in [0.15, 0.2) is 0 Å². The molecule has 1 unspecified atom stereocenters. The number of carboxylic acids is 1. The van der Waals surface area contributed by atoms with Gasteiger partial charge in [0.1, 0.15) is 0 Å². The molecule has 1 aliphatic heterocycles. The lowest BCUT2D eigenvalue weighted by Gasteiger charge is -2.50. The lowest BCUT2D eigenvalue weighted by molar-refractivity contribution is -0.181. The number of hydrogen-bond donors (Lipinski definition) is 2. The third kappa shape index (κ3) is 3.33. The summed E-state index contributed by atoms with van der Waals surface area (Å²) in [4.78, 5) is 11.0. The van der Waals surface area contributed by atoms with E-state index in [2.05, 4.69) is 36.5 Å². The molecule has 0 amide bonds. The Labute approximate surface area is 131 Å². The van der Waals surface area contributed by atoms with Crippen LogP contribution in [0.3, 0.4) is 0 Å². The van der Waals surface area contributed by atoms with Crippen molar-refractivity contribution in [2.75, 3.05) is 6.61 Å². The van der Waals surface area contributed by atoms with Gasteiger partial charge in [0, 0.05) is 19.2 Å². The Morgan fingerprint density at radius 3 is 2.86 bits per heavy atom. The summed E-state index contributed by atoms with van der Waals surface area (Å²) in [7, 11) is 0. The monoisotopic (exact) mass is 303 g/mol. The van der Waals surface area contributed by atoms with Crippen LogP contribution < -0.4 is 5.32 Å². The molecule has 2 N–H and O–H groups in total. The molecule has 0 bridgehead atoms. The van der Waals surface area contributed by atoms with Crippen LogP contribution in [0.15, 0.2) is 24.3 Å². The Balaban J connectivity index is 1.52. The summed E-state index contributed by atoms with van der Waals surface area (Å²) in [6, 6.07) is 9.11. The molecule has 0 radical (unpaired) electrons. The first kappa shape index (κ1) is 15.5. The molecular formula is C18H25NO3. The minimum Gasteiger partial charge on any atom is -0.481 e. The fraction of sp³-hybridized carbons (Fsp3) is 0.611. The van der Waals surface area contributed by atoms with Gasteiger partial charge < -0.3 is 15.2 Å². The summed E-state index contributed by atoms with van der Waals surface area (Å²) in [6.07, 6.45) is 4.35. The molecule has 4 heteroatoms. The van der Waals surface area contributed by atoms with E-state index >= 15 is 0 Å². The van der Waals surface area contributed by atoms with Gasteiger partial charge in [-0.25, -0.2) is 0 Å². The van der Waals surface area contributed by atoms with E-state index in [0.29, 0.717) is 18.9 Å². The molecule has 1 saturated heterocycles. The van der Waals surface area contributed by atoms with Crippen LogP contribution in [0.4, 0.5) is 0 Å². The fourth-order valence-corrected chi connectivity index (χ4v) is 3.72. The van der Waals surface area contributed by atoms with Gasteiger partial charge in [-0.15, -0.1) is 0 Å². The zero-order valence-electron chi connectivity index (χ0n) is 13.2. The van der Waals surface area contributed by atoms with Gasteiger partial charge >= 0.3 is 5.97 Å². The predicted octanol–water partition coefficient (Wildman–Crippen LogP) is 2.75. The number of benzene rings is 1. The highest BCUT2D eigenvalue weighted by Crippen LogP contribution is 2.46. The Morgan fingerprint density at radius 1 is 1.36 bits per heavy atom. The summed E-state index contributed by atoms with van der Waals surface area (Å²) in [6.45, 7) is 3.78. The first-order chi connectivity index (χ1) is 10.6. The molecule has 4 nitrogen and oxygen atoms in total. The molecule has 0 aromatic heterocycles. The number of nitrogens with one attached hydrogen (secondary N) is 1. The van der Waals surface area contributed by atoms with Crippen LogP contribution in [-0.2, 0) is 22.5 Å². The highest BCUT2D eigenvalue weighted by atomic mass is 16.5. The first-order valence-corrected chi connectivity index (χ1v) is 8.28. The van der Waals surface area contributed by atoms with Gasteiger partial charge in [-0.05, 0) is 43.2 Å². The minimum atomic E-state index is -0.680. The second-order valence-corrected chi connectivity index (χ2v) is 6.72. The van der Waals surface area contributed by atoms with E-state index in [1.807, 2.05) is 0 Å². The van der Waals surface area contributed by atoms with E-state index in [4.69, 9.17) is 9.84 Å². The maximum atomic E-state index is 11.0. The number of aliphatic carboxylic acids is 1. The standard InChI is InChI=1S/C18H25NO3/c1-2-13-4-3-5-14(8-13)12-19-16-6-7-22-18(11-16)9-15(10-18)17(20)21/h3-5,8,15-16,19H,2,6-7,9-12H2,1H3,(H,20,21). The second kappa shape index (κ2) is 6.39. The Bertz CT molecular complexity index is 537. The van der Waals surface area contributed by atoms with Crippen LogP contribution in [0.25, 0.3) is 0 Å². The average molecular weight is 303 g/mol. The van der Waals surface area contributed by atoms with E-state index in [-0.39, 0.29) is 11.5 Å². The van der Waals surface area contributed by atoms with E-state index in [1.165, 1.54) is 11.1 Å². The molecule has 3 rings (SSSR count). The number of carbonyl (C=O) groups is 1. The molecular weight excluding hydrogens is 278 g/mol. The lowest BCUT2D eigenvalue weighted by Crippen LogP contribution is -2.55. The first-order valence-electron chi connectivity index (χ1n) is 8.28. The number of hydrogen-bond acceptors (Lipinski definition) is 3. The van der Waals surface area contributed by atoms with Crippen LogP contribution >= 0.6 is 0 Å². The van der Waals surface area contributed by atoms with E-state index < -0.39 is 5.97 Å². The van der Waals surface area contributed by atoms with Crippen LogP contribution in [0.5, 0.6) is 0 Å². The molecule has 1 aromatic carbocycles. The van der Waals surface area contributed by atoms with Gasteiger partial charge in [-0.1, -0.05) is 31.2 Å². The number of aryl methyl sites for hydroxylation is 1. The molecule has 2 aliphatic rings. The summed E-state index contributed by atoms with van der Waals surface area (Å²) >= 11 is 0. The molecule has 120 valence electrons. The molecule has 1 saturated carbocycles. The zero-order valence-corrected chi connectivity index (χ0v) is 13.2. The zero-order chi connectivity index (χ0) is 15.6. The summed E-state index contributed by atoms with van der Waals surface area (Å²) < 4.78 is 5.90. The maximum Gasteiger partial charge on any atom is 0.306 e. The van der Waals surface area contributed by atoms with Crippen molar-refractivity contribution < 1.29 is 14.6 Å². The van der Waals surface area contributed by atoms with Gasteiger partial charge in [0.2, 0.25) is 0 Å². The largest absolute Gasteiger partial charge is 0.481 e. The van der Waals surface area contributed by atoms with Crippen LogP contribution in [0, 0.1) is 5.92 Å². The van der Waals surface area contributed by atoms with Crippen molar-refractivity contribution >= 4 is 5.97 Å².